The van der Waals surface area contributed by atoms with Crippen molar-refractivity contribution in [1.82, 2.24) is 5.32 Å². The van der Waals surface area contributed by atoms with Crippen LogP contribution in [-0.4, -0.2) is 37.1 Å². The third-order valence-electron chi connectivity index (χ3n) is 3.28. The number of nitrogens with zero attached hydrogens (tertiary/aromatic N) is 1. The minimum atomic E-state index is -0.727. The molecule has 0 aromatic heterocycles. The molecule has 0 fully saturated rings. The van der Waals surface area contributed by atoms with Crippen molar-refractivity contribution in [2.75, 3.05) is 23.8 Å². The Kier molecular flexibility index (Phi) is 4.58. The second kappa shape index (κ2) is 6.28. The van der Waals surface area contributed by atoms with Gasteiger partial charge in [0.15, 0.2) is 0 Å². The van der Waals surface area contributed by atoms with E-state index in [1.54, 1.807) is 23.1 Å². The van der Waals surface area contributed by atoms with Crippen molar-refractivity contribution in [2.45, 2.75) is 32.8 Å². The highest BCUT2D eigenvalue weighted by molar-refractivity contribution is 6.39. The van der Waals surface area contributed by atoms with Gasteiger partial charge >= 0.3 is 17.9 Å². The van der Waals surface area contributed by atoms with Gasteiger partial charge in [-0.15, -0.1) is 0 Å². The van der Waals surface area contributed by atoms with Crippen LogP contribution in [0.2, 0.25) is 0 Å². The summed E-state index contributed by atoms with van der Waals surface area (Å²) in [5.74, 6) is -1.43. The van der Waals surface area contributed by atoms with E-state index in [1.807, 2.05) is 20.8 Å². The predicted octanol–water partition coefficient (Wildman–Crippen LogP) is 1.67. The molecule has 1 aliphatic heterocycles. The minimum absolute atomic E-state index is 0.390. The largest absolute Gasteiger partial charge is 0.443 e. The Morgan fingerprint density at radius 2 is 1.87 bits per heavy atom. The van der Waals surface area contributed by atoms with Crippen molar-refractivity contribution in [3.8, 4) is 0 Å². The summed E-state index contributed by atoms with van der Waals surface area (Å²) in [5.41, 5.74) is 1.65. The van der Waals surface area contributed by atoms with Gasteiger partial charge in [0, 0.05) is 19.3 Å². The molecule has 7 heteroatoms. The number of rotatable bonds is 1. The molecular formula is C16H21N3O4. The highest BCUT2D eigenvalue weighted by Gasteiger charge is 2.29. The van der Waals surface area contributed by atoms with Crippen molar-refractivity contribution in [3.63, 3.8) is 0 Å². The number of amides is 3. The van der Waals surface area contributed by atoms with Crippen molar-refractivity contribution >= 4 is 29.3 Å². The number of carbonyl (C=O) groups is 3. The maximum Gasteiger partial charge on any atom is 0.414 e. The topological polar surface area (TPSA) is 87.7 Å². The fraction of sp³-hybridized carbons (Fsp3) is 0.438. The normalized spacial score (nSPS) is 13.3. The standard InChI is InChI=1S/C16H21N3O4/c1-16(2,3)23-15(22)19-8-7-10-9-11(5-6-12(10)19)18-14(21)13(20)17-4/h5-6,9H,7-8H2,1-4H3,(H,17,20)(H,18,21). The molecule has 0 bridgehead atoms. The molecule has 1 heterocycles. The second-order valence-corrected chi connectivity index (χ2v) is 6.26. The summed E-state index contributed by atoms with van der Waals surface area (Å²) >= 11 is 0. The zero-order valence-corrected chi connectivity index (χ0v) is 13.7. The summed E-state index contributed by atoms with van der Waals surface area (Å²) in [6.07, 6.45) is 0.275. The Morgan fingerprint density at radius 1 is 1.17 bits per heavy atom. The van der Waals surface area contributed by atoms with Crippen LogP contribution in [0.5, 0.6) is 0 Å². The fourth-order valence-corrected chi connectivity index (χ4v) is 2.29. The molecule has 1 aromatic rings. The molecule has 23 heavy (non-hydrogen) atoms. The minimum Gasteiger partial charge on any atom is -0.443 e. The van der Waals surface area contributed by atoms with Crippen LogP contribution in [0.4, 0.5) is 16.2 Å². The first-order valence-corrected chi connectivity index (χ1v) is 7.38. The number of carbonyl (C=O) groups excluding carboxylic acids is 3. The smallest absolute Gasteiger partial charge is 0.414 e. The van der Waals surface area contributed by atoms with Gasteiger partial charge in [-0.05, 0) is 51.0 Å². The molecule has 2 N–H and O–H groups in total. The van der Waals surface area contributed by atoms with Gasteiger partial charge in [-0.3, -0.25) is 14.5 Å². The monoisotopic (exact) mass is 319 g/mol. The SMILES string of the molecule is CNC(=O)C(=O)Nc1ccc2c(c1)CCN2C(=O)OC(C)(C)C. The number of fused-ring (bicyclic) bond motifs is 1. The highest BCUT2D eigenvalue weighted by Crippen LogP contribution is 2.31. The number of hydrogen-bond acceptors (Lipinski definition) is 4. The first kappa shape index (κ1) is 16.8. The lowest BCUT2D eigenvalue weighted by Gasteiger charge is -2.24. The van der Waals surface area contributed by atoms with Crippen molar-refractivity contribution < 1.29 is 19.1 Å². The summed E-state index contributed by atoms with van der Waals surface area (Å²) in [5, 5.41) is 4.78. The third kappa shape index (κ3) is 4.00. The van der Waals surface area contributed by atoms with Crippen LogP contribution in [0, 0.1) is 0 Å². The molecule has 1 aromatic carbocycles. The summed E-state index contributed by atoms with van der Waals surface area (Å²) in [6, 6.07) is 5.16. The number of benzene rings is 1. The van der Waals surface area contributed by atoms with Crippen LogP contribution >= 0.6 is 0 Å². The Labute approximate surface area is 135 Å². The number of ether oxygens (including phenoxy) is 1. The van der Waals surface area contributed by atoms with Crippen LogP contribution in [0.3, 0.4) is 0 Å². The molecule has 1 aliphatic rings. The molecule has 0 saturated heterocycles. The Morgan fingerprint density at radius 3 is 2.48 bits per heavy atom. The van der Waals surface area contributed by atoms with E-state index in [1.165, 1.54) is 7.05 Å². The average molecular weight is 319 g/mol. The molecule has 124 valence electrons. The van der Waals surface area contributed by atoms with Gasteiger partial charge in [-0.25, -0.2) is 4.79 Å². The highest BCUT2D eigenvalue weighted by atomic mass is 16.6. The fourth-order valence-electron chi connectivity index (χ4n) is 2.29. The number of anilines is 2. The zero-order valence-electron chi connectivity index (χ0n) is 13.7. The van der Waals surface area contributed by atoms with Gasteiger partial charge in [0.05, 0.1) is 5.69 Å². The Balaban J connectivity index is 2.13. The molecular weight excluding hydrogens is 298 g/mol. The van der Waals surface area contributed by atoms with Crippen LogP contribution in [0.15, 0.2) is 18.2 Å². The van der Waals surface area contributed by atoms with Gasteiger partial charge in [0.25, 0.3) is 0 Å². The van der Waals surface area contributed by atoms with E-state index in [0.717, 1.165) is 11.3 Å². The lowest BCUT2D eigenvalue weighted by molar-refractivity contribution is -0.135. The number of hydrogen-bond donors (Lipinski definition) is 2. The summed E-state index contributed by atoms with van der Waals surface area (Å²) < 4.78 is 5.38. The van der Waals surface area contributed by atoms with Crippen LogP contribution < -0.4 is 15.5 Å². The molecule has 0 spiro atoms. The molecule has 7 nitrogen and oxygen atoms in total. The van der Waals surface area contributed by atoms with Gasteiger partial charge in [0.1, 0.15) is 5.60 Å². The maximum atomic E-state index is 12.2. The molecule has 0 aliphatic carbocycles. The summed E-state index contributed by atoms with van der Waals surface area (Å²) in [4.78, 5) is 36.6. The van der Waals surface area contributed by atoms with Gasteiger partial charge in [0.2, 0.25) is 0 Å². The van der Waals surface area contributed by atoms with E-state index in [2.05, 4.69) is 10.6 Å². The van der Waals surface area contributed by atoms with E-state index >= 15 is 0 Å². The zero-order chi connectivity index (χ0) is 17.2. The first-order valence-electron chi connectivity index (χ1n) is 7.38. The summed E-state index contributed by atoms with van der Waals surface area (Å²) in [7, 11) is 1.39. The number of likely N-dealkylation sites (N-methyl/N-ethyl adjacent to an activating group) is 1. The lowest BCUT2D eigenvalue weighted by Crippen LogP contribution is -2.35. The second-order valence-electron chi connectivity index (χ2n) is 6.26. The van der Waals surface area contributed by atoms with E-state index in [-0.39, 0.29) is 0 Å². The van der Waals surface area contributed by atoms with Crippen molar-refractivity contribution in [2.24, 2.45) is 0 Å². The Bertz CT molecular complexity index is 649. The maximum absolute atomic E-state index is 12.2. The quantitative estimate of drug-likeness (QED) is 0.771. The average Bonchev–Trinajstić information content (AvgIpc) is 2.87. The van der Waals surface area contributed by atoms with E-state index in [0.29, 0.717) is 18.7 Å². The molecule has 2 rings (SSSR count). The van der Waals surface area contributed by atoms with Gasteiger partial charge < -0.3 is 15.4 Å². The van der Waals surface area contributed by atoms with Crippen LogP contribution in [0.25, 0.3) is 0 Å². The van der Waals surface area contributed by atoms with Crippen molar-refractivity contribution in [1.29, 1.82) is 0 Å². The summed E-state index contributed by atoms with van der Waals surface area (Å²) in [6.45, 7) is 5.98. The van der Waals surface area contributed by atoms with Crippen LogP contribution in [-0.2, 0) is 20.7 Å². The van der Waals surface area contributed by atoms with Gasteiger partial charge in [-0.2, -0.15) is 0 Å². The van der Waals surface area contributed by atoms with E-state index in [4.69, 9.17) is 4.74 Å². The molecule has 0 saturated carbocycles. The van der Waals surface area contributed by atoms with Crippen LogP contribution in [0.1, 0.15) is 26.3 Å². The number of nitrogens with one attached hydrogen (secondary N) is 2. The first-order chi connectivity index (χ1) is 10.7. The molecule has 0 radical (unpaired) electrons. The molecule has 0 unspecified atom stereocenters. The van der Waals surface area contributed by atoms with E-state index in [9.17, 15) is 14.4 Å². The Hall–Kier alpha value is -2.57. The van der Waals surface area contributed by atoms with Crippen molar-refractivity contribution in [3.05, 3.63) is 23.8 Å². The lowest BCUT2D eigenvalue weighted by atomic mass is 10.1. The molecule has 3 amide bonds. The predicted molar refractivity (Wildman–Crippen MR) is 86.4 cm³/mol. The third-order valence-corrected chi connectivity index (χ3v) is 3.28. The van der Waals surface area contributed by atoms with E-state index < -0.39 is 23.5 Å². The molecule has 0 atom stereocenters. The van der Waals surface area contributed by atoms with Gasteiger partial charge in [-0.1, -0.05) is 0 Å².